The fourth-order valence-electron chi connectivity index (χ4n) is 3.96. The molecule has 3 heterocycles. The lowest BCUT2D eigenvalue weighted by Crippen LogP contribution is -2.29. The van der Waals surface area contributed by atoms with Crippen molar-refractivity contribution in [3.63, 3.8) is 0 Å². The number of benzene rings is 2. The summed E-state index contributed by atoms with van der Waals surface area (Å²) in [4.78, 5) is 27.2. The van der Waals surface area contributed by atoms with Crippen molar-refractivity contribution in [3.8, 4) is 11.5 Å². The lowest BCUT2D eigenvalue weighted by Gasteiger charge is -2.22. The molecule has 1 atom stereocenters. The molecule has 2 aliphatic rings. The summed E-state index contributed by atoms with van der Waals surface area (Å²) < 4.78 is 12.8. The average Bonchev–Trinajstić information content (AvgIpc) is 3.42. The van der Waals surface area contributed by atoms with Gasteiger partial charge in [0.1, 0.15) is 19.0 Å². The van der Waals surface area contributed by atoms with Crippen molar-refractivity contribution in [2.45, 2.75) is 13.0 Å². The number of nitrogens with zero attached hydrogens (tertiary/aromatic N) is 3. The molecular formula is C23H20Cl2N4O4. The molecule has 2 aliphatic heterocycles. The summed E-state index contributed by atoms with van der Waals surface area (Å²) in [5.74, 6) is 0.903. The predicted molar refractivity (Wildman–Crippen MR) is 124 cm³/mol. The van der Waals surface area contributed by atoms with E-state index in [1.54, 1.807) is 46.1 Å². The summed E-state index contributed by atoms with van der Waals surface area (Å²) in [6.07, 6.45) is 1.71. The van der Waals surface area contributed by atoms with E-state index in [0.717, 1.165) is 5.56 Å². The molecular weight excluding hydrogens is 467 g/mol. The molecule has 0 spiro atoms. The Morgan fingerprint density at radius 1 is 1.12 bits per heavy atom. The maximum atomic E-state index is 13.0. The van der Waals surface area contributed by atoms with Gasteiger partial charge >= 0.3 is 0 Å². The Bertz CT molecular complexity index is 1230. The first-order valence-electron chi connectivity index (χ1n) is 10.4. The van der Waals surface area contributed by atoms with Crippen LogP contribution in [-0.2, 0) is 16.1 Å². The lowest BCUT2D eigenvalue weighted by atomic mass is 10.1. The van der Waals surface area contributed by atoms with Crippen molar-refractivity contribution < 1.29 is 19.1 Å². The quantitative estimate of drug-likeness (QED) is 0.588. The number of hydrogen-bond donors (Lipinski definition) is 1. The van der Waals surface area contributed by atoms with Gasteiger partial charge in [0.15, 0.2) is 11.5 Å². The maximum absolute atomic E-state index is 13.0. The van der Waals surface area contributed by atoms with Gasteiger partial charge in [-0.3, -0.25) is 9.59 Å². The summed E-state index contributed by atoms with van der Waals surface area (Å²) in [6.45, 7) is 1.58. The zero-order valence-corrected chi connectivity index (χ0v) is 19.0. The Hall–Kier alpha value is -3.23. The highest BCUT2D eigenvalue weighted by Gasteiger charge is 2.36. The Kier molecular flexibility index (Phi) is 5.86. The molecule has 170 valence electrons. The van der Waals surface area contributed by atoms with Crippen molar-refractivity contribution in [1.29, 1.82) is 0 Å². The third-order valence-electron chi connectivity index (χ3n) is 5.65. The van der Waals surface area contributed by atoms with E-state index in [0.29, 0.717) is 52.8 Å². The molecule has 2 aromatic carbocycles. The van der Waals surface area contributed by atoms with Crippen molar-refractivity contribution in [1.82, 2.24) is 9.78 Å². The number of carbonyl (C=O) groups is 2. The van der Waals surface area contributed by atoms with Crippen LogP contribution in [0.25, 0.3) is 0 Å². The number of rotatable bonds is 5. The topological polar surface area (TPSA) is 85.7 Å². The summed E-state index contributed by atoms with van der Waals surface area (Å²) in [5, 5.41) is 8.07. The van der Waals surface area contributed by atoms with E-state index in [-0.39, 0.29) is 24.8 Å². The molecule has 0 unspecified atom stereocenters. The average molecular weight is 487 g/mol. The van der Waals surface area contributed by atoms with Crippen LogP contribution < -0.4 is 19.7 Å². The zero-order chi connectivity index (χ0) is 22.9. The van der Waals surface area contributed by atoms with Gasteiger partial charge in [0.25, 0.3) is 0 Å². The molecule has 1 aromatic heterocycles. The minimum Gasteiger partial charge on any atom is -0.486 e. The molecule has 1 N–H and O–H groups in total. The largest absolute Gasteiger partial charge is 0.486 e. The van der Waals surface area contributed by atoms with Crippen molar-refractivity contribution in [2.24, 2.45) is 5.92 Å². The summed E-state index contributed by atoms with van der Waals surface area (Å²) >= 11 is 12.4. The standard InChI is InChI=1S/C23H20Cl2N4O4/c24-17-3-1-2-14(22(17)25)13-29-20(6-7-26-29)27-23(31)15-10-21(30)28(12-15)16-4-5-18-19(11-16)33-9-8-32-18/h1-7,11,15H,8-10,12-13H2,(H,27,31)/t15-/m1/s1. The minimum atomic E-state index is -0.496. The minimum absolute atomic E-state index is 0.119. The van der Waals surface area contributed by atoms with Crippen molar-refractivity contribution >= 4 is 46.5 Å². The van der Waals surface area contributed by atoms with Crippen LogP contribution in [0.3, 0.4) is 0 Å². The number of halogens is 2. The molecule has 10 heteroatoms. The highest BCUT2D eigenvalue weighted by molar-refractivity contribution is 6.42. The van der Waals surface area contributed by atoms with Gasteiger partial charge in [0, 0.05) is 30.8 Å². The SMILES string of the molecule is O=C(Nc1ccnn1Cc1cccc(Cl)c1Cl)[C@@H]1CC(=O)N(c2ccc3c(c2)OCCO3)C1. The highest BCUT2D eigenvalue weighted by Crippen LogP contribution is 2.36. The third kappa shape index (κ3) is 4.36. The van der Waals surface area contributed by atoms with Crippen LogP contribution in [-0.4, -0.2) is 41.4 Å². The molecule has 2 amide bonds. The molecule has 1 fully saturated rings. The Labute approximate surface area is 200 Å². The molecule has 5 rings (SSSR count). The van der Waals surface area contributed by atoms with Crippen LogP contribution in [0.5, 0.6) is 11.5 Å². The van der Waals surface area contributed by atoms with Gasteiger partial charge in [0.2, 0.25) is 11.8 Å². The second-order valence-corrected chi connectivity index (χ2v) is 8.59. The van der Waals surface area contributed by atoms with E-state index >= 15 is 0 Å². The first-order chi connectivity index (χ1) is 16.0. The number of nitrogens with one attached hydrogen (secondary N) is 1. The highest BCUT2D eigenvalue weighted by atomic mass is 35.5. The fourth-order valence-corrected chi connectivity index (χ4v) is 4.34. The van der Waals surface area contributed by atoms with E-state index in [9.17, 15) is 9.59 Å². The fraction of sp³-hybridized carbons (Fsp3) is 0.261. The Morgan fingerprint density at radius 3 is 2.79 bits per heavy atom. The molecule has 1 saturated heterocycles. The second-order valence-electron chi connectivity index (χ2n) is 7.81. The molecule has 0 saturated carbocycles. The second kappa shape index (κ2) is 8.96. The molecule has 8 nitrogen and oxygen atoms in total. The van der Waals surface area contributed by atoms with Gasteiger partial charge in [-0.15, -0.1) is 0 Å². The summed E-state index contributed by atoms with van der Waals surface area (Å²) in [5.41, 5.74) is 1.46. The van der Waals surface area contributed by atoms with Crippen LogP contribution in [0.1, 0.15) is 12.0 Å². The monoisotopic (exact) mass is 486 g/mol. The van der Waals surface area contributed by atoms with Crippen LogP contribution in [0.4, 0.5) is 11.5 Å². The Morgan fingerprint density at radius 2 is 1.94 bits per heavy atom. The number of amides is 2. The number of carbonyl (C=O) groups excluding carboxylic acids is 2. The van der Waals surface area contributed by atoms with E-state index in [2.05, 4.69) is 10.4 Å². The van der Waals surface area contributed by atoms with E-state index in [1.807, 2.05) is 12.1 Å². The number of anilines is 2. The summed E-state index contributed by atoms with van der Waals surface area (Å²) in [6, 6.07) is 12.4. The molecule has 3 aromatic rings. The smallest absolute Gasteiger partial charge is 0.230 e. The van der Waals surface area contributed by atoms with Crippen LogP contribution in [0, 0.1) is 5.92 Å². The van der Waals surface area contributed by atoms with Crippen LogP contribution in [0.2, 0.25) is 10.0 Å². The number of fused-ring (bicyclic) bond motifs is 1. The summed E-state index contributed by atoms with van der Waals surface area (Å²) in [7, 11) is 0. The Balaban J connectivity index is 1.27. The van der Waals surface area contributed by atoms with Gasteiger partial charge in [-0.25, -0.2) is 4.68 Å². The van der Waals surface area contributed by atoms with Gasteiger partial charge in [0.05, 0.1) is 28.7 Å². The van der Waals surface area contributed by atoms with Crippen LogP contribution in [0.15, 0.2) is 48.7 Å². The van der Waals surface area contributed by atoms with Gasteiger partial charge in [-0.05, 0) is 23.8 Å². The van der Waals surface area contributed by atoms with Crippen molar-refractivity contribution in [3.05, 3.63) is 64.3 Å². The lowest BCUT2D eigenvalue weighted by molar-refractivity contribution is -0.122. The van der Waals surface area contributed by atoms with Crippen LogP contribution >= 0.6 is 23.2 Å². The number of hydrogen-bond acceptors (Lipinski definition) is 5. The maximum Gasteiger partial charge on any atom is 0.230 e. The molecule has 0 aliphatic carbocycles. The van der Waals surface area contributed by atoms with Gasteiger partial charge in [-0.1, -0.05) is 35.3 Å². The molecule has 0 bridgehead atoms. The number of ether oxygens (including phenoxy) is 2. The molecule has 33 heavy (non-hydrogen) atoms. The normalized spacial score (nSPS) is 17.3. The van der Waals surface area contributed by atoms with E-state index in [4.69, 9.17) is 32.7 Å². The van der Waals surface area contributed by atoms with E-state index in [1.165, 1.54) is 0 Å². The number of aromatic nitrogens is 2. The van der Waals surface area contributed by atoms with Crippen molar-refractivity contribution in [2.75, 3.05) is 30.0 Å². The first-order valence-corrected chi connectivity index (χ1v) is 11.2. The first kappa shape index (κ1) is 21.6. The zero-order valence-electron chi connectivity index (χ0n) is 17.5. The van der Waals surface area contributed by atoms with Gasteiger partial charge < -0.3 is 19.7 Å². The third-order valence-corrected chi connectivity index (χ3v) is 6.51. The van der Waals surface area contributed by atoms with Gasteiger partial charge in [-0.2, -0.15) is 5.10 Å². The van der Waals surface area contributed by atoms with E-state index < -0.39 is 5.92 Å². The molecule has 0 radical (unpaired) electrons. The predicted octanol–water partition coefficient (Wildman–Crippen LogP) is 4.00.